The van der Waals surface area contributed by atoms with Crippen molar-refractivity contribution in [3.63, 3.8) is 0 Å². The predicted octanol–water partition coefficient (Wildman–Crippen LogP) is 6.36. The molecule has 0 saturated carbocycles. The fourth-order valence-corrected chi connectivity index (χ4v) is 6.77. The number of nitrogens with zero attached hydrogens (tertiary/aromatic N) is 4. The quantitative estimate of drug-likeness (QED) is 0.185. The monoisotopic (exact) mass is 639 g/mol. The Morgan fingerprint density at radius 2 is 1.81 bits per heavy atom. The molecule has 2 N–H and O–H groups in total. The van der Waals surface area contributed by atoms with Gasteiger partial charge in [-0.05, 0) is 77.4 Å². The number of rotatable bonds is 6. The molecule has 3 heterocycles. The zero-order valence-electron chi connectivity index (χ0n) is 24.4. The molecule has 0 fully saturated rings. The summed E-state index contributed by atoms with van der Waals surface area (Å²) in [5, 5.41) is 12.5. The Kier molecular flexibility index (Phi) is 8.41. The van der Waals surface area contributed by atoms with Gasteiger partial charge in [-0.3, -0.25) is 19.1 Å². The van der Waals surface area contributed by atoms with Crippen molar-refractivity contribution in [3.05, 3.63) is 86.3 Å². The summed E-state index contributed by atoms with van der Waals surface area (Å²) >= 11 is 5.44. The smallest absolute Gasteiger partial charge is 0.308 e. The first-order chi connectivity index (χ1) is 20.2. The van der Waals surface area contributed by atoms with Gasteiger partial charge < -0.3 is 14.6 Å². The van der Waals surface area contributed by atoms with Crippen molar-refractivity contribution < 1.29 is 23.1 Å². The highest BCUT2D eigenvalue weighted by molar-refractivity contribution is 7.79. The third kappa shape index (κ3) is 6.32. The Labute approximate surface area is 260 Å². The molecule has 10 nitrogen and oxygen atoms in total. The molecule has 13 heteroatoms. The maximum absolute atomic E-state index is 12.9. The van der Waals surface area contributed by atoms with E-state index in [1.807, 2.05) is 51.3 Å². The minimum absolute atomic E-state index is 0.00870. The molecule has 0 aliphatic carbocycles. The summed E-state index contributed by atoms with van der Waals surface area (Å²) in [6.45, 7) is 11.4. The van der Waals surface area contributed by atoms with Gasteiger partial charge in [0.1, 0.15) is 22.5 Å². The Balaban J connectivity index is 1.51. The number of hydrogen-bond acceptors (Lipinski definition) is 8. The molecule has 43 heavy (non-hydrogen) atoms. The van der Waals surface area contributed by atoms with E-state index in [2.05, 4.69) is 22.4 Å². The van der Waals surface area contributed by atoms with Crippen molar-refractivity contribution in [1.29, 1.82) is 0 Å². The molecule has 0 bridgehead atoms. The van der Waals surface area contributed by atoms with E-state index in [4.69, 9.17) is 21.3 Å². The van der Waals surface area contributed by atoms with Crippen LogP contribution >= 0.6 is 22.9 Å². The van der Waals surface area contributed by atoms with E-state index < -0.39 is 28.6 Å². The van der Waals surface area contributed by atoms with Gasteiger partial charge in [0.15, 0.2) is 16.9 Å². The number of carbonyl (C=O) groups excluding carboxylic acids is 2. The summed E-state index contributed by atoms with van der Waals surface area (Å²) < 4.78 is 28.3. The second-order valence-electron chi connectivity index (χ2n) is 11.1. The molecule has 4 aromatic rings. The van der Waals surface area contributed by atoms with Crippen molar-refractivity contribution in [2.24, 2.45) is 4.99 Å². The van der Waals surface area contributed by atoms with Gasteiger partial charge in [-0.15, -0.1) is 21.5 Å². The first-order valence-corrected chi connectivity index (χ1v) is 15.7. The van der Waals surface area contributed by atoms with E-state index in [-0.39, 0.29) is 27.9 Å². The molecule has 0 spiro atoms. The van der Waals surface area contributed by atoms with Crippen LogP contribution in [0.5, 0.6) is 0 Å². The number of halogens is 1. The number of hydrogen-bond donors (Lipinski definition) is 2. The summed E-state index contributed by atoms with van der Waals surface area (Å²) in [4.78, 5) is 32.1. The summed E-state index contributed by atoms with van der Waals surface area (Å²) in [7, 11) is 0. The number of esters is 1. The molecule has 0 radical (unpaired) electrons. The van der Waals surface area contributed by atoms with Crippen LogP contribution in [0.4, 0.5) is 5.69 Å². The lowest BCUT2D eigenvalue weighted by molar-refractivity contribution is -0.155. The fraction of sp³-hybridized carbons (Fsp3) is 0.300. The number of benzene rings is 2. The molecular weight excluding hydrogens is 610 g/mol. The van der Waals surface area contributed by atoms with Crippen LogP contribution in [0.2, 0.25) is 5.02 Å². The molecule has 224 valence electrons. The second kappa shape index (κ2) is 11.8. The van der Waals surface area contributed by atoms with Crippen molar-refractivity contribution in [1.82, 2.24) is 14.8 Å². The van der Waals surface area contributed by atoms with Gasteiger partial charge in [-0.2, -0.15) is 0 Å². The van der Waals surface area contributed by atoms with Crippen LogP contribution in [-0.2, 0) is 20.6 Å². The van der Waals surface area contributed by atoms with Crippen LogP contribution in [0.3, 0.4) is 0 Å². The molecule has 1 aliphatic heterocycles. The van der Waals surface area contributed by atoms with E-state index >= 15 is 0 Å². The third-order valence-corrected chi connectivity index (χ3v) is 9.17. The number of aromatic nitrogens is 3. The minimum Gasteiger partial charge on any atom is -0.460 e. The van der Waals surface area contributed by atoms with Gasteiger partial charge in [0.25, 0.3) is 5.91 Å². The molecule has 2 aromatic carbocycles. The Hall–Kier alpha value is -3.71. The lowest BCUT2D eigenvalue weighted by Crippen LogP contribution is -2.25. The number of thiophene rings is 1. The summed E-state index contributed by atoms with van der Waals surface area (Å²) in [5.74, 6) is 0.454. The van der Waals surface area contributed by atoms with E-state index in [1.54, 1.807) is 23.5 Å². The van der Waals surface area contributed by atoms with E-state index in [1.165, 1.54) is 18.2 Å². The van der Waals surface area contributed by atoms with Gasteiger partial charge in [0, 0.05) is 27.3 Å². The molecule has 1 amide bonds. The second-order valence-corrected chi connectivity index (χ2v) is 13.7. The Morgan fingerprint density at radius 3 is 2.44 bits per heavy atom. The zero-order valence-corrected chi connectivity index (χ0v) is 26.8. The third-order valence-electron chi connectivity index (χ3n) is 6.82. The highest BCUT2D eigenvalue weighted by atomic mass is 35.5. The van der Waals surface area contributed by atoms with Crippen LogP contribution in [-0.4, -0.2) is 46.7 Å². The van der Waals surface area contributed by atoms with Crippen LogP contribution in [0, 0.1) is 20.8 Å². The van der Waals surface area contributed by atoms with Crippen LogP contribution < -0.4 is 5.32 Å². The first kappa shape index (κ1) is 30.7. The number of ether oxygens (including phenoxy) is 1. The predicted molar refractivity (Wildman–Crippen MR) is 167 cm³/mol. The maximum atomic E-state index is 12.9. The van der Waals surface area contributed by atoms with Crippen LogP contribution in [0.15, 0.2) is 52.4 Å². The lowest BCUT2D eigenvalue weighted by Gasteiger charge is -2.21. The standard InChI is InChI=1S/C30H30ClN5O5S2/c1-15-16(2)42-29-25(15)26(33-22(14-24(37)41-30(4,5)6)27-35-34-17(3)36(27)29)18-7-10-20(11-8-18)32-28(38)19-9-12-23(43(39)40)21(31)13-19/h7-13,22H,14H2,1-6H3,(H,32,38)(H,39,40)/t22-/m0/s1. The van der Waals surface area contributed by atoms with E-state index in [0.29, 0.717) is 23.0 Å². The highest BCUT2D eigenvalue weighted by Gasteiger charge is 2.33. The maximum Gasteiger partial charge on any atom is 0.308 e. The number of aliphatic imine (C=N–C) groups is 1. The number of nitrogens with one attached hydrogen (secondary N) is 1. The average Bonchev–Trinajstić information content (AvgIpc) is 3.39. The number of fused-ring (bicyclic) bond motifs is 3. The molecule has 1 aliphatic rings. The fourth-order valence-electron chi connectivity index (χ4n) is 4.76. The van der Waals surface area contributed by atoms with Gasteiger partial charge in [0.05, 0.1) is 22.1 Å². The highest BCUT2D eigenvalue weighted by Crippen LogP contribution is 2.40. The summed E-state index contributed by atoms with van der Waals surface area (Å²) in [5.41, 5.74) is 3.63. The summed E-state index contributed by atoms with van der Waals surface area (Å²) in [6.07, 6.45) is -0.00870. The number of amides is 1. The van der Waals surface area contributed by atoms with Gasteiger partial charge >= 0.3 is 5.97 Å². The molecule has 1 unspecified atom stereocenters. The number of carbonyl (C=O) groups is 2. The molecule has 5 rings (SSSR count). The Morgan fingerprint density at radius 1 is 1.12 bits per heavy atom. The molecular formula is C30H30ClN5O5S2. The topological polar surface area (TPSA) is 136 Å². The number of anilines is 1. The zero-order chi connectivity index (χ0) is 31.2. The average molecular weight is 640 g/mol. The normalized spacial score (nSPS) is 15.2. The molecule has 2 aromatic heterocycles. The van der Waals surface area contributed by atoms with Crippen molar-refractivity contribution in [2.45, 2.75) is 64.5 Å². The molecule has 2 atom stereocenters. The lowest BCUT2D eigenvalue weighted by atomic mass is 9.99. The SMILES string of the molecule is Cc1sc2c(c1C)C(c1ccc(NC(=O)c3ccc(S(=O)O)c(Cl)c3)cc1)=N[C@@H](CC(=O)OC(C)(C)C)c1nnc(C)n1-2. The molecule has 0 saturated heterocycles. The van der Waals surface area contributed by atoms with Crippen LogP contribution in [0.1, 0.15) is 76.8 Å². The van der Waals surface area contributed by atoms with Gasteiger partial charge in [0.2, 0.25) is 0 Å². The summed E-state index contributed by atoms with van der Waals surface area (Å²) in [6, 6.07) is 10.8. The van der Waals surface area contributed by atoms with Gasteiger partial charge in [-0.1, -0.05) is 23.7 Å². The van der Waals surface area contributed by atoms with Crippen molar-refractivity contribution >= 4 is 57.3 Å². The van der Waals surface area contributed by atoms with Gasteiger partial charge in [-0.25, -0.2) is 4.21 Å². The van der Waals surface area contributed by atoms with E-state index in [0.717, 1.165) is 26.6 Å². The largest absolute Gasteiger partial charge is 0.460 e. The first-order valence-electron chi connectivity index (χ1n) is 13.4. The van der Waals surface area contributed by atoms with Crippen molar-refractivity contribution in [3.8, 4) is 5.00 Å². The van der Waals surface area contributed by atoms with Crippen LogP contribution in [0.25, 0.3) is 5.00 Å². The number of aryl methyl sites for hydroxylation is 2. The minimum atomic E-state index is -2.25. The van der Waals surface area contributed by atoms with E-state index in [9.17, 15) is 18.4 Å². The Bertz CT molecular complexity index is 1800. The van der Waals surface area contributed by atoms with Crippen molar-refractivity contribution in [2.75, 3.05) is 5.32 Å².